The van der Waals surface area contributed by atoms with Crippen molar-refractivity contribution in [3.8, 4) is 22.6 Å². The number of nitrogens with one attached hydrogen (secondary N) is 3. The second kappa shape index (κ2) is 7.17. The van der Waals surface area contributed by atoms with Crippen LogP contribution in [0.1, 0.15) is 20.8 Å². The van der Waals surface area contributed by atoms with Gasteiger partial charge in [0.1, 0.15) is 11.9 Å². The van der Waals surface area contributed by atoms with Crippen molar-refractivity contribution >= 4 is 27.6 Å². The summed E-state index contributed by atoms with van der Waals surface area (Å²) in [6.45, 7) is 5.93. The van der Waals surface area contributed by atoms with Crippen LogP contribution in [0.25, 0.3) is 44.6 Å². The Bertz CT molecular complexity index is 1350. The second-order valence-electron chi connectivity index (χ2n) is 8.69. The van der Waals surface area contributed by atoms with Crippen LogP contribution >= 0.6 is 0 Å². The molecule has 0 fully saturated rings. The number of aliphatic hydroxyl groups excluding tert-OH is 1. The van der Waals surface area contributed by atoms with Crippen molar-refractivity contribution in [3.05, 3.63) is 55.1 Å². The Morgan fingerprint density at radius 3 is 2.65 bits per heavy atom. The van der Waals surface area contributed by atoms with Gasteiger partial charge in [0.05, 0.1) is 34.6 Å². The van der Waals surface area contributed by atoms with E-state index in [0.717, 1.165) is 44.4 Å². The minimum Gasteiger partial charge on any atom is -0.373 e. The zero-order valence-corrected chi connectivity index (χ0v) is 17.5. The maximum atomic E-state index is 10.4. The Balaban J connectivity index is 1.53. The zero-order valence-electron chi connectivity index (χ0n) is 17.5. The largest absolute Gasteiger partial charge is 0.373 e. The molecule has 1 unspecified atom stereocenters. The van der Waals surface area contributed by atoms with Gasteiger partial charge >= 0.3 is 0 Å². The molecule has 0 aliphatic heterocycles. The van der Waals surface area contributed by atoms with Crippen molar-refractivity contribution in [2.75, 3.05) is 5.32 Å². The molecule has 0 aliphatic rings. The molecule has 5 aromatic rings. The van der Waals surface area contributed by atoms with Gasteiger partial charge in [0.2, 0.25) is 0 Å². The molecule has 31 heavy (non-hydrogen) atoms. The summed E-state index contributed by atoms with van der Waals surface area (Å²) in [5.41, 5.74) is 5.78. The lowest BCUT2D eigenvalue weighted by Crippen LogP contribution is -2.33. The SMILES string of the molecule is CC(C)(C)C(O)Nc1cncc(-c2ccc3[nH]nc(-c4nc5ccncc5[nH]4)c3c2)c1. The highest BCUT2D eigenvalue weighted by atomic mass is 16.3. The van der Waals surface area contributed by atoms with Crippen molar-refractivity contribution in [2.24, 2.45) is 5.41 Å². The molecule has 8 heteroatoms. The van der Waals surface area contributed by atoms with Crippen LogP contribution < -0.4 is 5.32 Å². The van der Waals surface area contributed by atoms with E-state index in [2.05, 4.69) is 41.5 Å². The van der Waals surface area contributed by atoms with E-state index in [1.165, 1.54) is 0 Å². The summed E-state index contributed by atoms with van der Waals surface area (Å²) in [6, 6.07) is 9.94. The van der Waals surface area contributed by atoms with Crippen LogP contribution in [-0.2, 0) is 0 Å². The van der Waals surface area contributed by atoms with E-state index in [0.29, 0.717) is 5.82 Å². The lowest BCUT2D eigenvalue weighted by molar-refractivity contribution is 0.0880. The number of aliphatic hydroxyl groups is 1. The molecular weight excluding hydrogens is 390 g/mol. The van der Waals surface area contributed by atoms with Crippen LogP contribution in [0, 0.1) is 5.41 Å². The van der Waals surface area contributed by atoms with E-state index < -0.39 is 6.23 Å². The minimum atomic E-state index is -0.685. The number of H-pyrrole nitrogens is 2. The summed E-state index contributed by atoms with van der Waals surface area (Å²) >= 11 is 0. The zero-order chi connectivity index (χ0) is 21.6. The number of fused-ring (bicyclic) bond motifs is 2. The first-order valence-corrected chi connectivity index (χ1v) is 10.1. The summed E-state index contributed by atoms with van der Waals surface area (Å²) in [7, 11) is 0. The Labute approximate surface area is 178 Å². The number of imidazole rings is 1. The second-order valence-corrected chi connectivity index (χ2v) is 8.69. The van der Waals surface area contributed by atoms with E-state index in [-0.39, 0.29) is 5.41 Å². The maximum Gasteiger partial charge on any atom is 0.159 e. The van der Waals surface area contributed by atoms with Gasteiger partial charge in [0.25, 0.3) is 0 Å². The molecule has 0 spiro atoms. The van der Waals surface area contributed by atoms with Gasteiger partial charge in [0.15, 0.2) is 5.82 Å². The predicted octanol–water partition coefficient (Wildman–Crippen LogP) is 4.34. The first kappa shape index (κ1) is 19.2. The first-order chi connectivity index (χ1) is 14.9. The van der Waals surface area contributed by atoms with Crippen LogP contribution in [0.2, 0.25) is 0 Å². The minimum absolute atomic E-state index is 0.289. The van der Waals surface area contributed by atoms with E-state index in [1.54, 1.807) is 18.6 Å². The van der Waals surface area contributed by atoms with E-state index in [9.17, 15) is 5.11 Å². The Hall–Kier alpha value is -3.78. The van der Waals surface area contributed by atoms with Crippen molar-refractivity contribution < 1.29 is 5.11 Å². The molecular formula is C23H23N7O. The molecule has 0 bridgehead atoms. The van der Waals surface area contributed by atoms with Crippen LogP contribution in [0.4, 0.5) is 5.69 Å². The average Bonchev–Trinajstić information content (AvgIpc) is 3.36. The monoisotopic (exact) mass is 413 g/mol. The number of aromatic amines is 2. The Kier molecular flexibility index (Phi) is 4.44. The lowest BCUT2D eigenvalue weighted by atomic mass is 9.94. The molecule has 4 aromatic heterocycles. The van der Waals surface area contributed by atoms with Crippen LogP contribution in [-0.4, -0.2) is 41.5 Å². The van der Waals surface area contributed by atoms with Gasteiger partial charge in [-0.15, -0.1) is 0 Å². The van der Waals surface area contributed by atoms with Crippen LogP contribution in [0.5, 0.6) is 0 Å². The normalized spacial score (nSPS) is 13.0. The van der Waals surface area contributed by atoms with E-state index in [1.807, 2.05) is 51.2 Å². The Morgan fingerprint density at radius 1 is 0.968 bits per heavy atom. The molecule has 0 saturated heterocycles. The fraction of sp³-hybridized carbons (Fsp3) is 0.217. The number of hydrogen-bond acceptors (Lipinski definition) is 6. The van der Waals surface area contributed by atoms with Crippen LogP contribution in [0.3, 0.4) is 0 Å². The maximum absolute atomic E-state index is 10.4. The summed E-state index contributed by atoms with van der Waals surface area (Å²) in [6.07, 6.45) is 6.31. The highest BCUT2D eigenvalue weighted by Gasteiger charge is 2.22. The fourth-order valence-electron chi connectivity index (χ4n) is 3.39. The first-order valence-electron chi connectivity index (χ1n) is 10.1. The molecule has 0 amide bonds. The molecule has 0 radical (unpaired) electrons. The van der Waals surface area contributed by atoms with Gasteiger partial charge in [0, 0.05) is 28.8 Å². The Morgan fingerprint density at radius 2 is 1.84 bits per heavy atom. The van der Waals surface area contributed by atoms with Gasteiger partial charge in [-0.1, -0.05) is 26.8 Å². The van der Waals surface area contributed by atoms with Crippen molar-refractivity contribution in [3.63, 3.8) is 0 Å². The molecule has 4 N–H and O–H groups in total. The number of hydrogen-bond donors (Lipinski definition) is 4. The molecule has 5 rings (SSSR count). The van der Waals surface area contributed by atoms with Crippen molar-refractivity contribution in [1.82, 2.24) is 30.1 Å². The smallest absolute Gasteiger partial charge is 0.159 e. The van der Waals surface area contributed by atoms with E-state index >= 15 is 0 Å². The number of pyridine rings is 2. The third kappa shape index (κ3) is 3.62. The number of rotatable bonds is 4. The summed E-state index contributed by atoms with van der Waals surface area (Å²) in [5.74, 6) is 0.688. The predicted molar refractivity (Wildman–Crippen MR) is 121 cm³/mol. The molecule has 0 saturated carbocycles. The van der Waals surface area contributed by atoms with E-state index in [4.69, 9.17) is 0 Å². The molecule has 1 atom stereocenters. The topological polar surface area (TPSA) is 115 Å². The number of aromatic nitrogens is 6. The standard InChI is InChI=1S/C23H23N7O/c1-23(2,3)22(31)26-15-8-14(10-25-11-15)13-4-5-17-16(9-13)20(30-29-17)21-27-18-6-7-24-12-19(18)28-21/h4-12,22,26,31H,1-3H3,(H,27,28)(H,29,30). The van der Waals surface area contributed by atoms with Gasteiger partial charge in [-0.05, 0) is 29.8 Å². The highest BCUT2D eigenvalue weighted by molar-refractivity contribution is 5.95. The van der Waals surface area contributed by atoms with Gasteiger partial charge < -0.3 is 15.4 Å². The third-order valence-corrected chi connectivity index (χ3v) is 5.27. The molecule has 156 valence electrons. The molecule has 0 aliphatic carbocycles. The summed E-state index contributed by atoms with van der Waals surface area (Å²) in [5, 5.41) is 22.0. The average molecular weight is 413 g/mol. The summed E-state index contributed by atoms with van der Waals surface area (Å²) in [4.78, 5) is 16.4. The van der Waals surface area contributed by atoms with Gasteiger partial charge in [-0.3, -0.25) is 15.1 Å². The lowest BCUT2D eigenvalue weighted by Gasteiger charge is -2.27. The number of benzene rings is 1. The van der Waals surface area contributed by atoms with Crippen molar-refractivity contribution in [1.29, 1.82) is 0 Å². The van der Waals surface area contributed by atoms with Crippen LogP contribution in [0.15, 0.2) is 55.1 Å². The summed E-state index contributed by atoms with van der Waals surface area (Å²) < 4.78 is 0. The third-order valence-electron chi connectivity index (χ3n) is 5.27. The van der Waals surface area contributed by atoms with Gasteiger partial charge in [-0.25, -0.2) is 4.98 Å². The fourth-order valence-corrected chi connectivity index (χ4v) is 3.39. The van der Waals surface area contributed by atoms with Crippen molar-refractivity contribution in [2.45, 2.75) is 27.0 Å². The number of anilines is 1. The highest BCUT2D eigenvalue weighted by Crippen LogP contribution is 2.31. The van der Waals surface area contributed by atoms with Gasteiger partial charge in [-0.2, -0.15) is 5.10 Å². The quantitative estimate of drug-likeness (QED) is 0.326. The number of nitrogens with zero attached hydrogens (tertiary/aromatic N) is 4. The molecule has 8 nitrogen and oxygen atoms in total. The molecule has 4 heterocycles. The molecule has 1 aromatic carbocycles.